The summed E-state index contributed by atoms with van der Waals surface area (Å²) in [6.45, 7) is 3.84. The molecule has 0 spiro atoms. The minimum absolute atomic E-state index is 0.124. The number of carbonyl (C=O) groups is 1. The average Bonchev–Trinajstić information content (AvgIpc) is 3.75. The lowest BCUT2D eigenvalue weighted by Gasteiger charge is -2.19. The van der Waals surface area contributed by atoms with Crippen molar-refractivity contribution in [1.82, 2.24) is 10.1 Å². The second-order valence-corrected chi connectivity index (χ2v) is 10.7. The van der Waals surface area contributed by atoms with Crippen LogP contribution < -0.4 is 24.3 Å². The molecule has 11 heteroatoms. The molecular formula is C33H36ClN3O7. The molecule has 1 aliphatic heterocycles. The van der Waals surface area contributed by atoms with E-state index in [2.05, 4.69) is 15.4 Å². The molecule has 1 aliphatic rings. The first-order valence-electron chi connectivity index (χ1n) is 14.3. The van der Waals surface area contributed by atoms with Gasteiger partial charge in [-0.05, 0) is 60.5 Å². The maximum Gasteiger partial charge on any atom is 0.376 e. The van der Waals surface area contributed by atoms with Gasteiger partial charge in [0.15, 0.2) is 11.5 Å². The van der Waals surface area contributed by atoms with Crippen LogP contribution in [-0.2, 0) is 18.0 Å². The normalized spacial score (nSPS) is 14.7. The fourth-order valence-electron chi connectivity index (χ4n) is 4.99. The standard InChI is InChI=1S/C33H36ClN3O7/c1-39-25-8-4-22(5-9-25)20-42-29-13-12-27(31(34)32(29)43-21-23-6-10-26(40-2)11-7-23)35-15-17-37-16-14-24(19-37)28-18-30(44-36-28)33(38)41-3/h4-13,18,24,35H,14-17,19-21H2,1-3H3/t24-/m1/s1. The Hall–Kier alpha value is -4.41. The van der Waals surface area contributed by atoms with E-state index in [0.717, 1.165) is 60.1 Å². The Morgan fingerprint density at radius 1 is 0.955 bits per heavy atom. The number of hydrogen-bond acceptors (Lipinski definition) is 10. The molecule has 0 amide bonds. The Morgan fingerprint density at radius 3 is 2.25 bits per heavy atom. The molecular weight excluding hydrogens is 586 g/mol. The molecule has 10 nitrogen and oxygen atoms in total. The van der Waals surface area contributed by atoms with Crippen molar-refractivity contribution in [3.8, 4) is 23.0 Å². The molecule has 1 fully saturated rings. The van der Waals surface area contributed by atoms with Crippen LogP contribution in [0.3, 0.4) is 0 Å². The number of hydrogen-bond donors (Lipinski definition) is 1. The van der Waals surface area contributed by atoms with Gasteiger partial charge in [0.05, 0.1) is 32.7 Å². The summed E-state index contributed by atoms with van der Waals surface area (Å²) in [7, 11) is 4.59. The van der Waals surface area contributed by atoms with Crippen LogP contribution in [0.25, 0.3) is 0 Å². The number of nitrogens with zero attached hydrogens (tertiary/aromatic N) is 2. The molecule has 0 unspecified atom stereocenters. The molecule has 1 aromatic heterocycles. The fourth-order valence-corrected chi connectivity index (χ4v) is 5.26. The quantitative estimate of drug-likeness (QED) is 0.164. The molecule has 5 rings (SSSR count). The molecule has 1 N–H and O–H groups in total. The van der Waals surface area contributed by atoms with E-state index in [1.807, 2.05) is 60.7 Å². The molecule has 1 saturated heterocycles. The van der Waals surface area contributed by atoms with E-state index in [4.69, 9.17) is 39.8 Å². The highest BCUT2D eigenvalue weighted by Gasteiger charge is 2.27. The minimum Gasteiger partial charge on any atom is -0.497 e. The van der Waals surface area contributed by atoms with Crippen LogP contribution in [0.4, 0.5) is 5.69 Å². The number of aromatic nitrogens is 1. The first-order valence-corrected chi connectivity index (χ1v) is 14.7. The molecule has 0 saturated carbocycles. The predicted octanol–water partition coefficient (Wildman–Crippen LogP) is 6.19. The largest absolute Gasteiger partial charge is 0.497 e. The number of rotatable bonds is 14. The van der Waals surface area contributed by atoms with Crippen molar-refractivity contribution in [2.24, 2.45) is 0 Å². The van der Waals surface area contributed by atoms with Crippen LogP contribution in [-0.4, -0.2) is 63.5 Å². The Kier molecular flexibility index (Phi) is 10.5. The van der Waals surface area contributed by atoms with Crippen LogP contribution in [0, 0.1) is 0 Å². The third kappa shape index (κ3) is 7.75. The highest BCUT2D eigenvalue weighted by atomic mass is 35.5. The van der Waals surface area contributed by atoms with E-state index < -0.39 is 5.97 Å². The van der Waals surface area contributed by atoms with E-state index in [9.17, 15) is 4.79 Å². The van der Waals surface area contributed by atoms with E-state index in [-0.39, 0.29) is 11.7 Å². The topological polar surface area (TPSA) is 105 Å². The van der Waals surface area contributed by atoms with Crippen molar-refractivity contribution < 1.29 is 33.0 Å². The average molecular weight is 622 g/mol. The lowest BCUT2D eigenvalue weighted by molar-refractivity contribution is 0.0554. The Labute approximate surface area is 261 Å². The number of esters is 1. The van der Waals surface area contributed by atoms with Gasteiger partial charge in [0.2, 0.25) is 5.76 Å². The smallest absolute Gasteiger partial charge is 0.376 e. The monoisotopic (exact) mass is 621 g/mol. The minimum atomic E-state index is -0.524. The van der Waals surface area contributed by atoms with Gasteiger partial charge in [0.1, 0.15) is 29.7 Å². The van der Waals surface area contributed by atoms with Crippen molar-refractivity contribution >= 4 is 23.3 Å². The maximum atomic E-state index is 11.7. The van der Waals surface area contributed by atoms with Crippen LogP contribution in [0.2, 0.25) is 5.02 Å². The number of methoxy groups -OCH3 is 3. The number of anilines is 1. The van der Waals surface area contributed by atoms with Crippen LogP contribution in [0.5, 0.6) is 23.0 Å². The number of halogens is 1. The van der Waals surface area contributed by atoms with Crippen molar-refractivity contribution in [2.75, 3.05) is 52.8 Å². The molecule has 1 atom stereocenters. The van der Waals surface area contributed by atoms with Crippen molar-refractivity contribution in [3.63, 3.8) is 0 Å². The summed E-state index contributed by atoms with van der Waals surface area (Å²) < 4.78 is 32.8. The number of benzene rings is 3. The first-order chi connectivity index (χ1) is 21.5. The highest BCUT2D eigenvalue weighted by Crippen LogP contribution is 2.41. The predicted molar refractivity (Wildman–Crippen MR) is 166 cm³/mol. The van der Waals surface area contributed by atoms with E-state index >= 15 is 0 Å². The van der Waals surface area contributed by atoms with Crippen LogP contribution in [0.1, 0.15) is 39.7 Å². The Balaban J connectivity index is 1.22. The van der Waals surface area contributed by atoms with Gasteiger partial charge in [0, 0.05) is 31.6 Å². The van der Waals surface area contributed by atoms with Gasteiger partial charge in [-0.25, -0.2) is 4.79 Å². The van der Waals surface area contributed by atoms with Gasteiger partial charge in [-0.1, -0.05) is 41.0 Å². The summed E-state index contributed by atoms with van der Waals surface area (Å²) in [6.07, 6.45) is 0.928. The van der Waals surface area contributed by atoms with Crippen molar-refractivity contribution in [3.05, 3.63) is 94.3 Å². The van der Waals surface area contributed by atoms with Gasteiger partial charge in [-0.2, -0.15) is 0 Å². The molecule has 2 heterocycles. The second kappa shape index (κ2) is 14.9. The van der Waals surface area contributed by atoms with Gasteiger partial charge in [-0.3, -0.25) is 0 Å². The molecule has 4 aromatic rings. The first kappa shape index (κ1) is 31.0. The zero-order chi connectivity index (χ0) is 30.9. The molecule has 0 bridgehead atoms. The third-order valence-electron chi connectivity index (χ3n) is 7.51. The van der Waals surface area contributed by atoms with Gasteiger partial charge in [0.25, 0.3) is 0 Å². The summed E-state index contributed by atoms with van der Waals surface area (Å²) in [5.74, 6) is 2.37. The highest BCUT2D eigenvalue weighted by molar-refractivity contribution is 6.35. The zero-order valence-corrected chi connectivity index (χ0v) is 25.8. The number of likely N-dealkylation sites (tertiary alicyclic amines) is 1. The summed E-state index contributed by atoms with van der Waals surface area (Å²) in [6, 6.07) is 20.8. The van der Waals surface area contributed by atoms with Gasteiger partial charge >= 0.3 is 5.97 Å². The summed E-state index contributed by atoms with van der Waals surface area (Å²) in [4.78, 5) is 14.0. The lowest BCUT2D eigenvalue weighted by atomic mass is 10.1. The maximum absolute atomic E-state index is 11.7. The molecule has 0 radical (unpaired) electrons. The second-order valence-electron chi connectivity index (χ2n) is 10.3. The van der Waals surface area contributed by atoms with Crippen molar-refractivity contribution in [1.29, 1.82) is 0 Å². The zero-order valence-electron chi connectivity index (χ0n) is 25.0. The van der Waals surface area contributed by atoms with Gasteiger partial charge in [-0.15, -0.1) is 0 Å². The molecule has 44 heavy (non-hydrogen) atoms. The number of ether oxygens (including phenoxy) is 5. The number of carbonyl (C=O) groups excluding carboxylic acids is 1. The summed E-state index contributed by atoms with van der Waals surface area (Å²) in [5, 5.41) is 7.98. The molecule has 3 aromatic carbocycles. The van der Waals surface area contributed by atoms with Crippen molar-refractivity contribution in [2.45, 2.75) is 25.6 Å². The molecule has 0 aliphatic carbocycles. The SMILES string of the molecule is COC(=O)c1cc([C@@H]2CCN(CCNc3ccc(OCc4ccc(OC)cc4)c(OCc4ccc(OC)cc4)c3Cl)C2)no1. The molecule has 232 valence electrons. The van der Waals surface area contributed by atoms with E-state index in [1.54, 1.807) is 20.3 Å². The third-order valence-corrected chi connectivity index (χ3v) is 7.88. The van der Waals surface area contributed by atoms with Crippen LogP contribution in [0.15, 0.2) is 71.3 Å². The fraction of sp³-hybridized carbons (Fsp3) is 0.333. The lowest BCUT2D eigenvalue weighted by Crippen LogP contribution is -2.26. The van der Waals surface area contributed by atoms with E-state index in [1.165, 1.54) is 7.11 Å². The summed E-state index contributed by atoms with van der Waals surface area (Å²) >= 11 is 6.91. The van der Waals surface area contributed by atoms with Crippen LogP contribution >= 0.6 is 11.6 Å². The van der Waals surface area contributed by atoms with E-state index in [0.29, 0.717) is 36.3 Å². The van der Waals surface area contributed by atoms with Gasteiger partial charge < -0.3 is 38.4 Å². The number of nitrogens with one attached hydrogen (secondary N) is 1. The summed E-state index contributed by atoms with van der Waals surface area (Å²) in [5.41, 5.74) is 3.48. The Bertz CT molecular complexity index is 1530. The Morgan fingerprint density at radius 2 is 1.61 bits per heavy atom.